The van der Waals surface area contributed by atoms with E-state index in [0.29, 0.717) is 12.5 Å². The summed E-state index contributed by atoms with van der Waals surface area (Å²) in [6.45, 7) is 13.5. The van der Waals surface area contributed by atoms with Crippen LogP contribution in [0.3, 0.4) is 0 Å². The third kappa shape index (κ3) is 7.83. The van der Waals surface area contributed by atoms with Gasteiger partial charge in [-0.2, -0.15) is 0 Å². The van der Waals surface area contributed by atoms with Gasteiger partial charge in [-0.15, -0.1) is 0 Å². The predicted molar refractivity (Wildman–Crippen MR) is 112 cm³/mol. The standard InChI is InChI=1S/C20H40N4O4/c1-15-16(14-23-17(21-7)22-12-10-9-11-13-26-8)24(20(5,6)27-15)18(25)28-19(2,3)4/h15-16H,9-14H2,1-8H3,(H2,21,22,23). The van der Waals surface area contributed by atoms with Crippen molar-refractivity contribution in [1.82, 2.24) is 15.5 Å². The molecule has 0 aromatic carbocycles. The summed E-state index contributed by atoms with van der Waals surface area (Å²) in [6, 6.07) is -0.162. The summed E-state index contributed by atoms with van der Waals surface area (Å²) < 4.78 is 16.7. The number of amides is 1. The van der Waals surface area contributed by atoms with E-state index < -0.39 is 11.3 Å². The van der Waals surface area contributed by atoms with E-state index in [1.54, 1.807) is 19.1 Å². The van der Waals surface area contributed by atoms with E-state index in [2.05, 4.69) is 15.6 Å². The first-order valence-electron chi connectivity index (χ1n) is 10.2. The number of ether oxygens (including phenoxy) is 3. The molecule has 0 aliphatic carbocycles. The zero-order valence-electron chi connectivity index (χ0n) is 18.9. The van der Waals surface area contributed by atoms with Gasteiger partial charge in [0.2, 0.25) is 0 Å². The van der Waals surface area contributed by atoms with Gasteiger partial charge in [-0.25, -0.2) is 4.79 Å². The lowest BCUT2D eigenvalue weighted by atomic mass is 10.1. The van der Waals surface area contributed by atoms with Crippen LogP contribution in [0.1, 0.15) is 60.8 Å². The van der Waals surface area contributed by atoms with Crippen molar-refractivity contribution < 1.29 is 19.0 Å². The number of carbonyl (C=O) groups excluding carboxylic acids is 1. The molecule has 0 bridgehead atoms. The molecule has 8 nitrogen and oxygen atoms in total. The molecular weight excluding hydrogens is 360 g/mol. The highest BCUT2D eigenvalue weighted by Gasteiger charge is 2.49. The molecule has 2 atom stereocenters. The average molecular weight is 401 g/mol. The molecule has 0 radical (unpaired) electrons. The molecule has 0 spiro atoms. The number of nitrogens with zero attached hydrogens (tertiary/aromatic N) is 2. The quantitative estimate of drug-likeness (QED) is 0.370. The van der Waals surface area contributed by atoms with Crippen molar-refractivity contribution in [1.29, 1.82) is 0 Å². The minimum atomic E-state index is -0.730. The van der Waals surface area contributed by atoms with Gasteiger partial charge in [-0.3, -0.25) is 9.89 Å². The first-order chi connectivity index (χ1) is 13.0. The van der Waals surface area contributed by atoms with Crippen LogP contribution in [0.5, 0.6) is 0 Å². The molecule has 1 saturated heterocycles. The fraction of sp³-hybridized carbons (Fsp3) is 0.900. The first-order valence-corrected chi connectivity index (χ1v) is 10.2. The molecule has 1 fully saturated rings. The highest BCUT2D eigenvalue weighted by Crippen LogP contribution is 2.33. The smallest absolute Gasteiger partial charge is 0.412 e. The molecule has 1 amide bonds. The molecule has 1 heterocycles. The number of hydrogen-bond acceptors (Lipinski definition) is 5. The summed E-state index contributed by atoms with van der Waals surface area (Å²) >= 11 is 0. The first kappa shape index (κ1) is 24.5. The van der Waals surface area contributed by atoms with Crippen molar-refractivity contribution in [3.05, 3.63) is 0 Å². The number of hydrogen-bond donors (Lipinski definition) is 2. The van der Waals surface area contributed by atoms with E-state index in [9.17, 15) is 4.79 Å². The van der Waals surface area contributed by atoms with Crippen LogP contribution in [0.4, 0.5) is 4.79 Å². The van der Waals surface area contributed by atoms with Crippen molar-refractivity contribution in [2.45, 2.75) is 84.3 Å². The van der Waals surface area contributed by atoms with Gasteiger partial charge in [0.1, 0.15) is 11.3 Å². The molecule has 1 rings (SSSR count). The molecule has 2 unspecified atom stereocenters. The fourth-order valence-corrected chi connectivity index (χ4v) is 3.30. The molecule has 0 aromatic heterocycles. The van der Waals surface area contributed by atoms with Crippen molar-refractivity contribution >= 4 is 12.1 Å². The maximum Gasteiger partial charge on any atom is 0.412 e. The number of carbonyl (C=O) groups is 1. The SMILES string of the molecule is CN=C(NCCCCCOC)NCC1C(C)OC(C)(C)N1C(=O)OC(C)(C)C. The van der Waals surface area contributed by atoms with Crippen molar-refractivity contribution in [2.24, 2.45) is 4.99 Å². The Morgan fingerprint density at radius 2 is 1.89 bits per heavy atom. The summed E-state index contributed by atoms with van der Waals surface area (Å²) in [5.41, 5.74) is -1.29. The number of methoxy groups -OCH3 is 1. The lowest BCUT2D eigenvalue weighted by Crippen LogP contribution is -2.54. The summed E-state index contributed by atoms with van der Waals surface area (Å²) in [7, 11) is 3.46. The maximum absolute atomic E-state index is 12.8. The van der Waals surface area contributed by atoms with Gasteiger partial charge >= 0.3 is 6.09 Å². The number of unbranched alkanes of at least 4 members (excludes halogenated alkanes) is 2. The molecule has 0 saturated carbocycles. The van der Waals surface area contributed by atoms with E-state index in [-0.39, 0.29) is 18.2 Å². The minimum Gasteiger partial charge on any atom is -0.444 e. The third-order valence-corrected chi connectivity index (χ3v) is 4.54. The Morgan fingerprint density at radius 3 is 2.46 bits per heavy atom. The van der Waals surface area contributed by atoms with Crippen LogP contribution in [0.2, 0.25) is 0 Å². The van der Waals surface area contributed by atoms with Gasteiger partial charge in [0.25, 0.3) is 0 Å². The Morgan fingerprint density at radius 1 is 1.21 bits per heavy atom. The average Bonchev–Trinajstić information content (AvgIpc) is 2.80. The predicted octanol–water partition coefficient (Wildman–Crippen LogP) is 2.73. The van der Waals surface area contributed by atoms with Crippen LogP contribution in [0.15, 0.2) is 4.99 Å². The fourth-order valence-electron chi connectivity index (χ4n) is 3.30. The van der Waals surface area contributed by atoms with E-state index >= 15 is 0 Å². The summed E-state index contributed by atoms with van der Waals surface area (Å²) in [5.74, 6) is 0.716. The highest BCUT2D eigenvalue weighted by molar-refractivity contribution is 5.79. The summed E-state index contributed by atoms with van der Waals surface area (Å²) in [6.07, 6.45) is 2.72. The molecule has 1 aliphatic heterocycles. The van der Waals surface area contributed by atoms with Crippen LogP contribution >= 0.6 is 0 Å². The van der Waals surface area contributed by atoms with Gasteiger partial charge in [0, 0.05) is 33.9 Å². The largest absolute Gasteiger partial charge is 0.444 e. The van der Waals surface area contributed by atoms with Gasteiger partial charge in [-0.05, 0) is 60.8 Å². The Bertz CT molecular complexity index is 517. The van der Waals surface area contributed by atoms with Gasteiger partial charge in [0.15, 0.2) is 5.96 Å². The van der Waals surface area contributed by atoms with E-state index in [0.717, 1.165) is 32.4 Å². The highest BCUT2D eigenvalue weighted by atomic mass is 16.6. The van der Waals surface area contributed by atoms with Crippen molar-refractivity contribution in [3.63, 3.8) is 0 Å². The second-order valence-corrected chi connectivity index (χ2v) is 8.62. The van der Waals surface area contributed by atoms with Gasteiger partial charge in [-0.1, -0.05) is 0 Å². The van der Waals surface area contributed by atoms with Crippen molar-refractivity contribution in [3.8, 4) is 0 Å². The second kappa shape index (κ2) is 10.9. The monoisotopic (exact) mass is 400 g/mol. The van der Waals surface area contributed by atoms with Crippen molar-refractivity contribution in [2.75, 3.05) is 33.9 Å². The number of rotatable bonds is 8. The zero-order chi connectivity index (χ0) is 21.4. The van der Waals surface area contributed by atoms with Gasteiger partial charge < -0.3 is 24.8 Å². The molecule has 28 heavy (non-hydrogen) atoms. The minimum absolute atomic E-state index is 0.123. The van der Waals surface area contributed by atoms with Crippen LogP contribution < -0.4 is 10.6 Å². The molecule has 8 heteroatoms. The normalized spacial score (nSPS) is 22.3. The Hall–Kier alpha value is -1.54. The lowest BCUT2D eigenvalue weighted by Gasteiger charge is -2.35. The maximum atomic E-state index is 12.8. The van der Waals surface area contributed by atoms with E-state index in [4.69, 9.17) is 14.2 Å². The van der Waals surface area contributed by atoms with Crippen LogP contribution in [-0.2, 0) is 14.2 Å². The van der Waals surface area contributed by atoms with Gasteiger partial charge in [0.05, 0.1) is 12.1 Å². The van der Waals surface area contributed by atoms with Crippen LogP contribution in [0.25, 0.3) is 0 Å². The second-order valence-electron chi connectivity index (χ2n) is 8.62. The molecule has 0 aromatic rings. The molecule has 2 N–H and O–H groups in total. The topological polar surface area (TPSA) is 84.4 Å². The van der Waals surface area contributed by atoms with E-state index in [1.165, 1.54) is 0 Å². The summed E-state index contributed by atoms with van der Waals surface area (Å²) in [5, 5.41) is 6.62. The molecular formula is C20H40N4O4. The van der Waals surface area contributed by atoms with Crippen LogP contribution in [0, 0.1) is 0 Å². The number of aliphatic imine (C=N–C) groups is 1. The zero-order valence-corrected chi connectivity index (χ0v) is 18.9. The number of guanidine groups is 1. The Balaban J connectivity index is 2.62. The lowest BCUT2D eigenvalue weighted by molar-refractivity contribution is -0.0755. The third-order valence-electron chi connectivity index (χ3n) is 4.54. The molecule has 164 valence electrons. The van der Waals surface area contributed by atoms with E-state index in [1.807, 2.05) is 41.5 Å². The molecule has 1 aliphatic rings. The Kier molecular flexibility index (Phi) is 9.50. The number of nitrogens with one attached hydrogen (secondary N) is 2. The van der Waals surface area contributed by atoms with Crippen LogP contribution in [-0.4, -0.2) is 74.3 Å². The summed E-state index contributed by atoms with van der Waals surface area (Å²) in [4.78, 5) is 18.7. The Labute approximate surface area is 170 Å².